The minimum Gasteiger partial charge on any atom is -0.335 e. The van der Waals surface area contributed by atoms with Gasteiger partial charge in [-0.1, -0.05) is 26.8 Å². The van der Waals surface area contributed by atoms with Gasteiger partial charge in [0.05, 0.1) is 0 Å². The van der Waals surface area contributed by atoms with Crippen LogP contribution in [0.4, 0.5) is 0 Å². The molecule has 1 rings (SSSR count). The van der Waals surface area contributed by atoms with Gasteiger partial charge in [0.15, 0.2) is 0 Å². The molecule has 1 radical (unpaired) electrons. The lowest BCUT2D eigenvalue weighted by Gasteiger charge is -2.22. The highest BCUT2D eigenvalue weighted by molar-refractivity contribution is 5.97. The van der Waals surface area contributed by atoms with E-state index in [0.717, 1.165) is 19.4 Å². The second-order valence-electron chi connectivity index (χ2n) is 5.33. The van der Waals surface area contributed by atoms with E-state index in [4.69, 9.17) is 5.26 Å². The second-order valence-corrected chi connectivity index (χ2v) is 5.33. The monoisotopic (exact) mass is 219 g/mol. The number of nitriles is 1. The molecule has 0 unspecified atom stereocenters. The molecule has 3 heteroatoms. The van der Waals surface area contributed by atoms with E-state index < -0.39 is 0 Å². The summed E-state index contributed by atoms with van der Waals surface area (Å²) in [6.07, 6.45) is 3.65. The second kappa shape index (κ2) is 4.69. The first-order chi connectivity index (χ1) is 7.35. The van der Waals surface area contributed by atoms with E-state index in [2.05, 4.69) is 6.92 Å². The minimum atomic E-state index is -0.171. The zero-order valence-corrected chi connectivity index (χ0v) is 10.3. The number of hydrogen-bond donors (Lipinski definition) is 0. The molecule has 1 heterocycles. The van der Waals surface area contributed by atoms with Crippen LogP contribution < -0.4 is 0 Å². The van der Waals surface area contributed by atoms with Crippen LogP contribution in [0.1, 0.15) is 33.6 Å². The summed E-state index contributed by atoms with van der Waals surface area (Å²) < 4.78 is 0. The van der Waals surface area contributed by atoms with Crippen LogP contribution in [0.5, 0.6) is 0 Å². The molecule has 0 saturated carbocycles. The van der Waals surface area contributed by atoms with Crippen molar-refractivity contribution in [1.29, 1.82) is 5.26 Å². The van der Waals surface area contributed by atoms with E-state index in [9.17, 15) is 4.79 Å². The van der Waals surface area contributed by atoms with Gasteiger partial charge in [-0.3, -0.25) is 4.79 Å². The van der Waals surface area contributed by atoms with E-state index in [-0.39, 0.29) is 22.9 Å². The molecule has 1 fully saturated rings. The number of hydrogen-bond acceptors (Lipinski definition) is 2. The summed E-state index contributed by atoms with van der Waals surface area (Å²) in [5, 5.41) is 9.02. The van der Waals surface area contributed by atoms with Gasteiger partial charge in [0.25, 0.3) is 5.91 Å². The highest BCUT2D eigenvalue weighted by Gasteiger charge is 2.28. The lowest BCUT2D eigenvalue weighted by molar-refractivity contribution is -0.126. The van der Waals surface area contributed by atoms with Crippen molar-refractivity contribution in [1.82, 2.24) is 4.90 Å². The van der Waals surface area contributed by atoms with Crippen LogP contribution in [-0.2, 0) is 4.79 Å². The lowest BCUT2D eigenvalue weighted by atomic mass is 9.93. The van der Waals surface area contributed by atoms with Gasteiger partial charge in [0.2, 0.25) is 0 Å². The van der Waals surface area contributed by atoms with Crippen molar-refractivity contribution < 1.29 is 4.79 Å². The van der Waals surface area contributed by atoms with Crippen molar-refractivity contribution >= 4 is 5.91 Å². The van der Waals surface area contributed by atoms with Crippen molar-refractivity contribution in [2.45, 2.75) is 39.7 Å². The van der Waals surface area contributed by atoms with Crippen LogP contribution in [0.3, 0.4) is 0 Å². The molecule has 16 heavy (non-hydrogen) atoms. The highest BCUT2D eigenvalue weighted by atomic mass is 16.2. The molecule has 1 amide bonds. The van der Waals surface area contributed by atoms with Gasteiger partial charge in [0, 0.05) is 12.6 Å². The molecule has 1 atom stereocenters. The number of allylic oxidation sites excluding steroid dienone is 1. The average Bonchev–Trinajstić information content (AvgIpc) is 2.58. The van der Waals surface area contributed by atoms with E-state index in [1.165, 1.54) is 0 Å². The molecule has 0 N–H and O–H groups in total. The van der Waals surface area contributed by atoms with Crippen LogP contribution in [0.2, 0.25) is 0 Å². The Morgan fingerprint density at radius 2 is 2.19 bits per heavy atom. The van der Waals surface area contributed by atoms with E-state index in [0.29, 0.717) is 0 Å². The van der Waals surface area contributed by atoms with Crippen molar-refractivity contribution in [2.75, 3.05) is 6.54 Å². The van der Waals surface area contributed by atoms with Crippen molar-refractivity contribution in [3.05, 3.63) is 18.6 Å². The fourth-order valence-electron chi connectivity index (χ4n) is 1.83. The summed E-state index contributed by atoms with van der Waals surface area (Å²) >= 11 is 0. The Balaban J connectivity index is 2.87. The Morgan fingerprint density at radius 3 is 2.56 bits per heavy atom. The summed E-state index contributed by atoms with van der Waals surface area (Å²) in [5.74, 6) is -0.171. The zero-order valence-electron chi connectivity index (χ0n) is 10.3. The highest BCUT2D eigenvalue weighted by Crippen LogP contribution is 2.22. The summed E-state index contributed by atoms with van der Waals surface area (Å²) in [6, 6.07) is 2.02. The third-order valence-electron chi connectivity index (χ3n) is 2.57. The maximum atomic E-state index is 12.1. The Morgan fingerprint density at radius 1 is 1.56 bits per heavy atom. The predicted octanol–water partition coefficient (Wildman–Crippen LogP) is 2.31. The fraction of sp³-hybridized carbons (Fsp3) is 0.615. The standard InChI is InChI=1S/C13H19N2O/c1-10-6-5-7-15(10)12(16)11(9-14)8-13(2,3)4/h8,10H,1,5-7H2,2-4H3/b11-8+/t10-/m1/s1. The Labute approximate surface area is 97.7 Å². The number of amides is 1. The van der Waals surface area contributed by atoms with Gasteiger partial charge in [-0.2, -0.15) is 5.26 Å². The van der Waals surface area contributed by atoms with E-state index in [1.807, 2.05) is 26.8 Å². The molecule has 1 aliphatic rings. The first-order valence-electron chi connectivity index (χ1n) is 5.62. The topological polar surface area (TPSA) is 44.1 Å². The summed E-state index contributed by atoms with van der Waals surface area (Å²) in [6.45, 7) is 10.6. The molecular weight excluding hydrogens is 200 g/mol. The van der Waals surface area contributed by atoms with Crippen molar-refractivity contribution in [3.63, 3.8) is 0 Å². The number of carbonyl (C=O) groups is 1. The molecule has 0 bridgehead atoms. The van der Waals surface area contributed by atoms with Crippen molar-refractivity contribution in [2.24, 2.45) is 5.41 Å². The van der Waals surface area contributed by atoms with Crippen LogP contribution in [-0.4, -0.2) is 23.4 Å². The zero-order chi connectivity index (χ0) is 12.3. The smallest absolute Gasteiger partial charge is 0.264 e. The maximum absolute atomic E-state index is 12.1. The third kappa shape index (κ3) is 3.10. The molecule has 0 aliphatic carbocycles. The number of likely N-dealkylation sites (tertiary alicyclic amines) is 1. The van der Waals surface area contributed by atoms with Gasteiger partial charge >= 0.3 is 0 Å². The van der Waals surface area contributed by atoms with E-state index in [1.54, 1.807) is 11.0 Å². The molecule has 1 aliphatic heterocycles. The van der Waals surface area contributed by atoms with Crippen LogP contribution in [0.15, 0.2) is 11.6 Å². The number of carbonyl (C=O) groups excluding carboxylic acids is 1. The molecule has 0 aromatic rings. The van der Waals surface area contributed by atoms with Gasteiger partial charge in [-0.25, -0.2) is 0 Å². The quantitative estimate of drug-likeness (QED) is 0.501. The molecular formula is C13H19N2O. The Kier molecular flexibility index (Phi) is 3.74. The lowest BCUT2D eigenvalue weighted by Crippen LogP contribution is -2.35. The first-order valence-corrected chi connectivity index (χ1v) is 5.62. The van der Waals surface area contributed by atoms with E-state index >= 15 is 0 Å². The SMILES string of the molecule is [CH2][C@@H]1CCCN1C(=O)/C(C#N)=C/C(C)(C)C. The van der Waals surface area contributed by atoms with Gasteiger partial charge in [-0.15, -0.1) is 0 Å². The molecule has 87 valence electrons. The molecule has 0 aromatic carbocycles. The minimum absolute atomic E-state index is 0.0178. The Bertz CT molecular complexity index is 344. The summed E-state index contributed by atoms with van der Waals surface area (Å²) in [7, 11) is 0. The summed E-state index contributed by atoms with van der Waals surface area (Å²) in [5.41, 5.74) is 0.0833. The fourth-order valence-corrected chi connectivity index (χ4v) is 1.83. The first kappa shape index (κ1) is 12.8. The number of nitrogens with zero attached hydrogens (tertiary/aromatic N) is 2. The van der Waals surface area contributed by atoms with Gasteiger partial charge in [-0.05, 0) is 25.2 Å². The average molecular weight is 219 g/mol. The largest absolute Gasteiger partial charge is 0.335 e. The van der Waals surface area contributed by atoms with Gasteiger partial charge < -0.3 is 4.90 Å². The summed E-state index contributed by atoms with van der Waals surface area (Å²) in [4.78, 5) is 13.8. The third-order valence-corrected chi connectivity index (χ3v) is 2.57. The predicted molar refractivity (Wildman–Crippen MR) is 63.2 cm³/mol. The van der Waals surface area contributed by atoms with Crippen LogP contribution in [0, 0.1) is 23.7 Å². The Hall–Kier alpha value is -1.30. The molecule has 0 spiro atoms. The van der Waals surface area contributed by atoms with Crippen molar-refractivity contribution in [3.8, 4) is 6.07 Å². The molecule has 3 nitrogen and oxygen atoms in total. The van der Waals surface area contributed by atoms with Crippen LogP contribution in [0.25, 0.3) is 0 Å². The molecule has 0 aromatic heterocycles. The molecule has 1 saturated heterocycles. The normalized spacial score (nSPS) is 22.1. The van der Waals surface area contributed by atoms with Crippen LogP contribution >= 0.6 is 0 Å². The number of rotatable bonds is 1. The van der Waals surface area contributed by atoms with Gasteiger partial charge in [0.1, 0.15) is 11.6 Å². The maximum Gasteiger partial charge on any atom is 0.264 e.